The number of rotatable bonds is 5. The summed E-state index contributed by atoms with van der Waals surface area (Å²) in [6.45, 7) is 5.46. The van der Waals surface area contributed by atoms with Crippen LogP contribution < -0.4 is 10.0 Å². The summed E-state index contributed by atoms with van der Waals surface area (Å²) in [4.78, 5) is 0. The Kier molecular flexibility index (Phi) is 4.94. The van der Waals surface area contributed by atoms with Gasteiger partial charge in [-0.05, 0) is 56.7 Å². The molecule has 0 aromatic heterocycles. The third-order valence-corrected chi connectivity index (χ3v) is 5.45. The molecule has 6 heteroatoms. The summed E-state index contributed by atoms with van der Waals surface area (Å²) in [5, 5.41) is 3.12. The summed E-state index contributed by atoms with van der Waals surface area (Å²) < 4.78 is 39.0. The predicted molar refractivity (Wildman–Crippen MR) is 92.5 cm³/mol. The van der Waals surface area contributed by atoms with Crippen molar-refractivity contribution in [1.29, 1.82) is 0 Å². The quantitative estimate of drug-likeness (QED) is 0.868. The number of sulfonamides is 1. The molecule has 4 nitrogen and oxygen atoms in total. The summed E-state index contributed by atoms with van der Waals surface area (Å²) >= 11 is 0. The molecule has 0 radical (unpaired) electrons. The van der Waals surface area contributed by atoms with Crippen LogP contribution in [-0.2, 0) is 16.6 Å². The van der Waals surface area contributed by atoms with Crippen LogP contribution in [0, 0.1) is 5.82 Å². The molecule has 124 valence electrons. The third-order valence-electron chi connectivity index (χ3n) is 3.33. The van der Waals surface area contributed by atoms with Gasteiger partial charge in [0.25, 0.3) is 0 Å². The van der Waals surface area contributed by atoms with E-state index >= 15 is 0 Å². The van der Waals surface area contributed by atoms with Crippen LogP contribution in [0.1, 0.15) is 26.3 Å². The summed E-state index contributed by atoms with van der Waals surface area (Å²) in [7, 11) is -3.43. The molecule has 23 heavy (non-hydrogen) atoms. The van der Waals surface area contributed by atoms with Gasteiger partial charge in [0.15, 0.2) is 0 Å². The maximum Gasteiger partial charge on any atom is 0.237 e. The highest BCUT2D eigenvalue weighted by Crippen LogP contribution is 2.20. The fourth-order valence-electron chi connectivity index (χ4n) is 1.80. The van der Waals surface area contributed by atoms with E-state index < -0.39 is 14.8 Å². The molecule has 0 aliphatic rings. The highest BCUT2D eigenvalue weighted by Gasteiger charge is 2.28. The summed E-state index contributed by atoms with van der Waals surface area (Å²) in [6.07, 6.45) is 0. The number of anilines is 2. The van der Waals surface area contributed by atoms with E-state index in [0.717, 1.165) is 5.56 Å². The Morgan fingerprint density at radius 1 is 1.00 bits per heavy atom. The van der Waals surface area contributed by atoms with Crippen LogP contribution in [0.2, 0.25) is 0 Å². The van der Waals surface area contributed by atoms with Crippen molar-refractivity contribution < 1.29 is 12.8 Å². The lowest BCUT2D eigenvalue weighted by Crippen LogP contribution is -2.33. The van der Waals surface area contributed by atoms with Crippen molar-refractivity contribution in [2.45, 2.75) is 32.1 Å². The minimum Gasteiger partial charge on any atom is -0.381 e. The fraction of sp³-hybridized carbons (Fsp3) is 0.294. The molecule has 2 N–H and O–H groups in total. The Bertz CT molecular complexity index is 766. The Labute approximate surface area is 136 Å². The van der Waals surface area contributed by atoms with Gasteiger partial charge in [0.05, 0.1) is 4.75 Å². The maximum absolute atomic E-state index is 13.1. The van der Waals surface area contributed by atoms with Crippen molar-refractivity contribution in [2.24, 2.45) is 0 Å². The van der Waals surface area contributed by atoms with Gasteiger partial charge in [-0.3, -0.25) is 4.72 Å². The average molecular weight is 336 g/mol. The number of hydrogen-bond donors (Lipinski definition) is 2. The second-order valence-corrected chi connectivity index (χ2v) is 8.71. The first kappa shape index (κ1) is 17.3. The van der Waals surface area contributed by atoms with Crippen molar-refractivity contribution in [1.82, 2.24) is 0 Å². The molecule has 0 fully saturated rings. The van der Waals surface area contributed by atoms with E-state index in [4.69, 9.17) is 0 Å². The molecule has 2 rings (SSSR count). The minimum absolute atomic E-state index is 0.290. The smallest absolute Gasteiger partial charge is 0.237 e. The van der Waals surface area contributed by atoms with Gasteiger partial charge in [-0.1, -0.05) is 18.2 Å². The summed E-state index contributed by atoms with van der Waals surface area (Å²) in [5.41, 5.74) is 2.19. The van der Waals surface area contributed by atoms with E-state index in [9.17, 15) is 12.8 Å². The predicted octanol–water partition coefficient (Wildman–Crippen LogP) is 3.98. The van der Waals surface area contributed by atoms with E-state index in [1.54, 1.807) is 45.0 Å². The Balaban J connectivity index is 2.00. The normalized spacial score (nSPS) is 12.0. The topological polar surface area (TPSA) is 58.2 Å². The molecule has 0 aliphatic heterocycles. The van der Waals surface area contributed by atoms with Crippen molar-refractivity contribution in [3.05, 3.63) is 59.9 Å². The first-order valence-corrected chi connectivity index (χ1v) is 8.76. The molecule has 0 unspecified atom stereocenters. The molecule has 0 atom stereocenters. The van der Waals surface area contributed by atoms with E-state index in [2.05, 4.69) is 10.0 Å². The average Bonchev–Trinajstić information content (AvgIpc) is 2.45. The van der Waals surface area contributed by atoms with E-state index in [1.807, 2.05) is 12.1 Å². The lowest BCUT2D eigenvalue weighted by molar-refractivity contribution is 0.566. The maximum atomic E-state index is 13.1. The largest absolute Gasteiger partial charge is 0.381 e. The molecular weight excluding hydrogens is 315 g/mol. The highest BCUT2D eigenvalue weighted by molar-refractivity contribution is 7.94. The highest BCUT2D eigenvalue weighted by atomic mass is 32.2. The lowest BCUT2D eigenvalue weighted by atomic mass is 10.2. The van der Waals surface area contributed by atoms with Crippen LogP contribution in [0.25, 0.3) is 0 Å². The zero-order valence-electron chi connectivity index (χ0n) is 13.4. The number of halogens is 1. The lowest BCUT2D eigenvalue weighted by Gasteiger charge is -2.20. The zero-order chi connectivity index (χ0) is 17.1. The van der Waals surface area contributed by atoms with Crippen molar-refractivity contribution in [3.8, 4) is 0 Å². The Morgan fingerprint density at radius 3 is 2.22 bits per heavy atom. The first-order valence-electron chi connectivity index (χ1n) is 7.28. The molecule has 0 aliphatic carbocycles. The molecule has 2 aromatic carbocycles. The van der Waals surface area contributed by atoms with Crippen LogP contribution in [0.3, 0.4) is 0 Å². The van der Waals surface area contributed by atoms with Crippen LogP contribution in [-0.4, -0.2) is 13.2 Å². The number of nitrogens with one attached hydrogen (secondary N) is 2. The van der Waals surface area contributed by atoms with Crippen LogP contribution in [0.4, 0.5) is 15.8 Å². The Morgan fingerprint density at radius 2 is 1.65 bits per heavy atom. The van der Waals surface area contributed by atoms with Gasteiger partial charge in [-0.25, -0.2) is 12.8 Å². The molecule has 0 heterocycles. The van der Waals surface area contributed by atoms with Crippen molar-refractivity contribution in [2.75, 3.05) is 10.0 Å². The van der Waals surface area contributed by atoms with Crippen molar-refractivity contribution >= 4 is 21.4 Å². The summed E-state index contributed by atoms with van der Waals surface area (Å²) in [5.74, 6) is -0.290. The molecule has 0 saturated carbocycles. The third kappa shape index (κ3) is 4.69. The monoisotopic (exact) mass is 336 g/mol. The molecule has 0 spiro atoms. The summed E-state index contributed by atoms with van der Waals surface area (Å²) in [6, 6.07) is 13.3. The molecule has 0 amide bonds. The van der Waals surface area contributed by atoms with E-state index in [1.165, 1.54) is 12.1 Å². The molecular formula is C17H21FN2O2S. The first-order chi connectivity index (χ1) is 10.7. The molecule has 0 bridgehead atoms. The van der Waals surface area contributed by atoms with Gasteiger partial charge in [-0.2, -0.15) is 0 Å². The van der Waals surface area contributed by atoms with Crippen LogP contribution >= 0.6 is 0 Å². The fourth-order valence-corrected chi connectivity index (χ4v) is 2.55. The van der Waals surface area contributed by atoms with Gasteiger partial charge in [0.1, 0.15) is 5.82 Å². The van der Waals surface area contributed by atoms with Gasteiger partial charge in [0.2, 0.25) is 10.0 Å². The van der Waals surface area contributed by atoms with Gasteiger partial charge in [-0.15, -0.1) is 0 Å². The standard InChI is InChI=1S/C17H21FN2O2S/c1-17(2,3)23(21,22)20-15-9-7-13(8-10-15)12-19-16-6-4-5-14(18)11-16/h4-11,19-20H,12H2,1-3H3. The second kappa shape index (κ2) is 6.58. The van der Waals surface area contributed by atoms with E-state index in [-0.39, 0.29) is 5.82 Å². The molecule has 0 saturated heterocycles. The Hall–Kier alpha value is -2.08. The van der Waals surface area contributed by atoms with Crippen molar-refractivity contribution in [3.63, 3.8) is 0 Å². The van der Waals surface area contributed by atoms with Gasteiger partial charge in [0, 0.05) is 17.9 Å². The SMILES string of the molecule is CC(C)(C)S(=O)(=O)Nc1ccc(CNc2cccc(F)c2)cc1. The van der Waals surface area contributed by atoms with Gasteiger partial charge < -0.3 is 5.32 Å². The number of benzene rings is 2. The second-order valence-electron chi connectivity index (χ2n) is 6.28. The minimum atomic E-state index is -3.43. The van der Waals surface area contributed by atoms with Crippen LogP contribution in [0.15, 0.2) is 48.5 Å². The zero-order valence-corrected chi connectivity index (χ0v) is 14.2. The molecule has 2 aromatic rings. The van der Waals surface area contributed by atoms with Crippen LogP contribution in [0.5, 0.6) is 0 Å². The number of hydrogen-bond acceptors (Lipinski definition) is 3. The van der Waals surface area contributed by atoms with E-state index in [0.29, 0.717) is 17.9 Å². The van der Waals surface area contributed by atoms with Gasteiger partial charge >= 0.3 is 0 Å².